The number of hydrogen-bond acceptors (Lipinski definition) is 6. The standard InChI is InChI=1S/C21H23Cl2F3N4O4/c1-11-15(22)2-3-16(17(11)23)34-13-4-6-29(7-5-13)8-12(31)9-30-10-14(19(27)32)18(21(24,25)26)28-20(30)33/h2-3,10,12-13,31H,4-9H2,1H3,(H2,27,32)/t12-/m1/s1. The fourth-order valence-corrected chi connectivity index (χ4v) is 4.13. The fourth-order valence-electron chi connectivity index (χ4n) is 3.72. The Kier molecular flexibility index (Phi) is 8.12. The van der Waals surface area contributed by atoms with Gasteiger partial charge in [-0.05, 0) is 37.5 Å². The van der Waals surface area contributed by atoms with Gasteiger partial charge in [0.15, 0.2) is 5.69 Å². The first-order valence-corrected chi connectivity index (χ1v) is 11.1. The summed E-state index contributed by atoms with van der Waals surface area (Å²) in [4.78, 5) is 28.3. The maximum atomic E-state index is 13.0. The molecule has 2 aromatic rings. The number of ether oxygens (including phenoxy) is 1. The molecule has 0 bridgehead atoms. The van der Waals surface area contributed by atoms with Crippen LogP contribution in [-0.4, -0.2) is 57.3 Å². The number of alkyl halides is 3. The Bertz CT molecular complexity index is 1120. The first-order valence-electron chi connectivity index (χ1n) is 10.4. The molecule has 13 heteroatoms. The highest BCUT2D eigenvalue weighted by molar-refractivity contribution is 6.36. The second kappa shape index (κ2) is 10.5. The van der Waals surface area contributed by atoms with E-state index in [2.05, 4.69) is 4.98 Å². The van der Waals surface area contributed by atoms with E-state index in [1.165, 1.54) is 0 Å². The number of aliphatic hydroxyl groups excluding tert-OH is 1. The molecule has 0 unspecified atom stereocenters. The Labute approximate surface area is 203 Å². The molecular formula is C21H23Cl2F3N4O4. The number of piperidine rings is 1. The third kappa shape index (κ3) is 6.21. The zero-order chi connectivity index (χ0) is 25.2. The Morgan fingerprint density at radius 3 is 2.53 bits per heavy atom. The van der Waals surface area contributed by atoms with Gasteiger partial charge in [0.05, 0.1) is 23.2 Å². The van der Waals surface area contributed by atoms with E-state index in [0.29, 0.717) is 47.9 Å². The summed E-state index contributed by atoms with van der Waals surface area (Å²) < 4.78 is 45.8. The summed E-state index contributed by atoms with van der Waals surface area (Å²) in [6.45, 7) is 2.77. The van der Waals surface area contributed by atoms with Crippen molar-refractivity contribution in [2.75, 3.05) is 19.6 Å². The van der Waals surface area contributed by atoms with Crippen LogP contribution in [0.5, 0.6) is 5.75 Å². The number of carbonyl (C=O) groups excluding carboxylic acids is 1. The molecule has 0 saturated carbocycles. The number of aromatic nitrogens is 2. The smallest absolute Gasteiger partial charge is 0.434 e. The molecule has 1 aromatic carbocycles. The van der Waals surface area contributed by atoms with Crippen LogP contribution in [0.3, 0.4) is 0 Å². The summed E-state index contributed by atoms with van der Waals surface area (Å²) >= 11 is 12.3. The second-order valence-corrected chi connectivity index (χ2v) is 8.84. The number of carbonyl (C=O) groups is 1. The summed E-state index contributed by atoms with van der Waals surface area (Å²) in [5.41, 5.74) is 1.92. The summed E-state index contributed by atoms with van der Waals surface area (Å²) in [6.07, 6.45) is -4.21. The van der Waals surface area contributed by atoms with Gasteiger partial charge >= 0.3 is 11.9 Å². The van der Waals surface area contributed by atoms with Gasteiger partial charge in [-0.1, -0.05) is 23.2 Å². The van der Waals surface area contributed by atoms with Crippen molar-refractivity contribution in [2.45, 2.75) is 44.7 Å². The number of amides is 1. The normalized spacial score (nSPS) is 16.4. The molecule has 1 amide bonds. The molecule has 0 spiro atoms. The van der Waals surface area contributed by atoms with Crippen molar-refractivity contribution < 1.29 is 27.8 Å². The van der Waals surface area contributed by atoms with E-state index in [1.54, 1.807) is 19.1 Å². The van der Waals surface area contributed by atoms with E-state index in [0.717, 1.165) is 10.1 Å². The van der Waals surface area contributed by atoms with Gasteiger partial charge in [-0.3, -0.25) is 9.36 Å². The highest BCUT2D eigenvalue weighted by Gasteiger charge is 2.38. The van der Waals surface area contributed by atoms with Gasteiger partial charge in [-0.15, -0.1) is 0 Å². The minimum atomic E-state index is -5.01. The largest absolute Gasteiger partial charge is 0.489 e. The number of β-amino-alcohol motifs (C(OH)–C–C–N with tert-alkyl or cyclic N) is 1. The number of nitrogens with zero attached hydrogens (tertiary/aromatic N) is 3. The zero-order valence-corrected chi connectivity index (χ0v) is 19.6. The summed E-state index contributed by atoms with van der Waals surface area (Å²) in [7, 11) is 0. The van der Waals surface area contributed by atoms with E-state index >= 15 is 0 Å². The lowest BCUT2D eigenvalue weighted by molar-refractivity contribution is -0.141. The lowest BCUT2D eigenvalue weighted by atomic mass is 10.1. The van der Waals surface area contributed by atoms with Crippen molar-refractivity contribution in [3.05, 3.63) is 55.7 Å². The van der Waals surface area contributed by atoms with E-state index < -0.39 is 35.1 Å². The molecule has 1 fully saturated rings. The van der Waals surface area contributed by atoms with E-state index in [-0.39, 0.29) is 19.2 Å². The minimum absolute atomic E-state index is 0.0914. The van der Waals surface area contributed by atoms with Crippen LogP contribution in [0.15, 0.2) is 23.1 Å². The Morgan fingerprint density at radius 1 is 1.29 bits per heavy atom. The predicted octanol–water partition coefficient (Wildman–Crippen LogP) is 2.88. The van der Waals surface area contributed by atoms with Gasteiger partial charge < -0.3 is 20.5 Å². The monoisotopic (exact) mass is 522 g/mol. The number of nitrogens with two attached hydrogens (primary N) is 1. The lowest BCUT2D eigenvalue weighted by Gasteiger charge is -2.33. The van der Waals surface area contributed by atoms with Crippen molar-refractivity contribution in [3.8, 4) is 5.75 Å². The third-order valence-electron chi connectivity index (χ3n) is 5.52. The number of likely N-dealkylation sites (tertiary alicyclic amines) is 1. The van der Waals surface area contributed by atoms with Crippen molar-refractivity contribution in [1.82, 2.24) is 14.5 Å². The SMILES string of the molecule is Cc1c(Cl)ccc(OC2CCN(C[C@@H](O)Cn3cc(C(N)=O)c(C(F)(F)F)nc3=O)CC2)c1Cl. The molecular weight excluding hydrogens is 500 g/mol. The average molecular weight is 523 g/mol. The van der Waals surface area contributed by atoms with Crippen LogP contribution in [0.1, 0.15) is 34.5 Å². The van der Waals surface area contributed by atoms with E-state index in [9.17, 15) is 27.9 Å². The zero-order valence-electron chi connectivity index (χ0n) is 18.1. The predicted molar refractivity (Wildman–Crippen MR) is 119 cm³/mol. The molecule has 34 heavy (non-hydrogen) atoms. The highest BCUT2D eigenvalue weighted by Crippen LogP contribution is 2.34. The van der Waals surface area contributed by atoms with Gasteiger partial charge in [0.2, 0.25) is 0 Å². The van der Waals surface area contributed by atoms with Gasteiger partial charge in [0.1, 0.15) is 11.9 Å². The molecule has 3 rings (SSSR count). The lowest BCUT2D eigenvalue weighted by Crippen LogP contribution is -2.43. The Morgan fingerprint density at radius 2 is 1.94 bits per heavy atom. The number of rotatable bonds is 7. The minimum Gasteiger partial charge on any atom is -0.489 e. The van der Waals surface area contributed by atoms with Crippen LogP contribution in [0.25, 0.3) is 0 Å². The van der Waals surface area contributed by atoms with Crippen molar-refractivity contribution >= 4 is 29.1 Å². The van der Waals surface area contributed by atoms with Crippen molar-refractivity contribution in [3.63, 3.8) is 0 Å². The number of primary amides is 1. The molecule has 0 aliphatic carbocycles. The van der Waals surface area contributed by atoms with Crippen LogP contribution < -0.4 is 16.2 Å². The van der Waals surface area contributed by atoms with Crippen LogP contribution in [0, 0.1) is 6.92 Å². The first kappa shape index (κ1) is 26.3. The molecule has 8 nitrogen and oxygen atoms in total. The maximum absolute atomic E-state index is 13.0. The van der Waals surface area contributed by atoms with Crippen LogP contribution in [0.2, 0.25) is 10.0 Å². The molecule has 186 valence electrons. The third-order valence-corrected chi connectivity index (χ3v) is 6.40. The van der Waals surface area contributed by atoms with Crippen LogP contribution >= 0.6 is 23.2 Å². The van der Waals surface area contributed by atoms with E-state index in [1.807, 2.05) is 4.90 Å². The number of halogens is 5. The van der Waals surface area contributed by atoms with Crippen LogP contribution in [-0.2, 0) is 12.7 Å². The Balaban J connectivity index is 1.58. The van der Waals surface area contributed by atoms with Gasteiger partial charge in [0.25, 0.3) is 5.91 Å². The summed E-state index contributed by atoms with van der Waals surface area (Å²) in [5.74, 6) is -0.831. The molecule has 1 atom stereocenters. The molecule has 3 N–H and O–H groups in total. The second-order valence-electron chi connectivity index (χ2n) is 8.06. The van der Waals surface area contributed by atoms with Crippen molar-refractivity contribution in [1.29, 1.82) is 0 Å². The fraction of sp³-hybridized carbons (Fsp3) is 0.476. The molecule has 0 radical (unpaired) electrons. The number of benzene rings is 1. The molecule has 1 saturated heterocycles. The molecule has 1 aliphatic heterocycles. The average Bonchev–Trinajstić information content (AvgIpc) is 2.75. The van der Waals surface area contributed by atoms with Gasteiger partial charge in [0, 0.05) is 30.9 Å². The van der Waals surface area contributed by atoms with E-state index in [4.69, 9.17) is 33.7 Å². The highest BCUT2D eigenvalue weighted by atomic mass is 35.5. The Hall–Kier alpha value is -2.34. The summed E-state index contributed by atoms with van der Waals surface area (Å²) in [5, 5.41) is 11.4. The van der Waals surface area contributed by atoms with Gasteiger partial charge in [-0.25, -0.2) is 4.79 Å². The topological polar surface area (TPSA) is 111 Å². The number of hydrogen-bond donors (Lipinski definition) is 2. The van der Waals surface area contributed by atoms with Crippen molar-refractivity contribution in [2.24, 2.45) is 5.73 Å². The van der Waals surface area contributed by atoms with Crippen LogP contribution in [0.4, 0.5) is 13.2 Å². The quantitative estimate of drug-likeness (QED) is 0.578. The molecule has 1 aliphatic rings. The summed E-state index contributed by atoms with van der Waals surface area (Å²) in [6, 6.07) is 3.43. The maximum Gasteiger partial charge on any atom is 0.434 e. The number of aliphatic hydroxyl groups is 1. The van der Waals surface area contributed by atoms with Gasteiger partial charge in [-0.2, -0.15) is 18.2 Å². The molecule has 1 aromatic heterocycles. The molecule has 2 heterocycles. The first-order chi connectivity index (χ1) is 15.9.